The number of benzene rings is 2. The van der Waals surface area contributed by atoms with Gasteiger partial charge in [-0.05, 0) is 49.4 Å². The maximum absolute atomic E-state index is 12.0. The van der Waals surface area contributed by atoms with Gasteiger partial charge in [0.1, 0.15) is 5.75 Å². The van der Waals surface area contributed by atoms with Crippen LogP contribution in [0.4, 0.5) is 5.69 Å². The van der Waals surface area contributed by atoms with Crippen LogP contribution >= 0.6 is 0 Å². The lowest BCUT2D eigenvalue weighted by molar-refractivity contribution is -0.155. The predicted molar refractivity (Wildman–Crippen MR) is 92.0 cm³/mol. The highest BCUT2D eigenvalue weighted by atomic mass is 16.6. The molecule has 0 unspecified atom stereocenters. The molecule has 0 saturated heterocycles. The number of hydrogen-bond donors (Lipinski definition) is 1. The van der Waals surface area contributed by atoms with Crippen LogP contribution in [0.3, 0.4) is 0 Å². The zero-order valence-electron chi connectivity index (χ0n) is 13.9. The van der Waals surface area contributed by atoms with E-state index in [1.54, 1.807) is 42.5 Å². The molecule has 2 rings (SSSR count). The summed E-state index contributed by atoms with van der Waals surface area (Å²) in [6.07, 6.45) is -1.03. The van der Waals surface area contributed by atoms with E-state index in [1.807, 2.05) is 12.1 Å². The van der Waals surface area contributed by atoms with E-state index in [-0.39, 0.29) is 6.61 Å². The topological polar surface area (TPSA) is 112 Å². The Morgan fingerprint density at radius 1 is 1.08 bits per heavy atom. The fraction of sp³-hybridized carbons (Fsp3) is 0.158. The van der Waals surface area contributed by atoms with Crippen molar-refractivity contribution in [3.05, 3.63) is 59.7 Å². The maximum atomic E-state index is 12.0. The molecule has 0 aromatic heterocycles. The molecular weight excluding hydrogens is 334 g/mol. The fourth-order valence-electron chi connectivity index (χ4n) is 1.96. The number of amides is 1. The van der Waals surface area contributed by atoms with Crippen molar-refractivity contribution in [2.45, 2.75) is 13.0 Å². The van der Waals surface area contributed by atoms with E-state index < -0.39 is 18.0 Å². The number of carbonyl (C=O) groups excluding carboxylic acids is 2. The van der Waals surface area contributed by atoms with Crippen molar-refractivity contribution in [1.82, 2.24) is 0 Å². The van der Waals surface area contributed by atoms with Gasteiger partial charge in [-0.2, -0.15) is 10.5 Å². The van der Waals surface area contributed by atoms with Gasteiger partial charge in [0, 0.05) is 5.69 Å². The van der Waals surface area contributed by atoms with Gasteiger partial charge in [-0.25, -0.2) is 4.79 Å². The quantitative estimate of drug-likeness (QED) is 0.801. The Hall–Kier alpha value is -3.84. The molecule has 0 aliphatic rings. The Kier molecular flexibility index (Phi) is 6.30. The standard InChI is InChI=1S/C19H15N3O4/c1-13(19(24)22-16-4-2-3-15(9-16)11-21)26-18(23)12-25-17-7-5-14(10-20)6-8-17/h2-9,13H,12H2,1H3,(H,22,24)/t13-/m0/s1. The zero-order valence-corrected chi connectivity index (χ0v) is 13.9. The number of ether oxygens (including phenoxy) is 2. The SMILES string of the molecule is C[C@H](OC(=O)COc1ccc(C#N)cc1)C(=O)Nc1cccc(C#N)c1. The summed E-state index contributed by atoms with van der Waals surface area (Å²) in [7, 11) is 0. The van der Waals surface area contributed by atoms with E-state index >= 15 is 0 Å². The summed E-state index contributed by atoms with van der Waals surface area (Å²) < 4.78 is 10.3. The number of carbonyl (C=O) groups is 2. The van der Waals surface area contributed by atoms with Crippen LogP contribution in [0.25, 0.3) is 0 Å². The average Bonchev–Trinajstić information content (AvgIpc) is 2.66. The van der Waals surface area contributed by atoms with Gasteiger partial charge in [0.15, 0.2) is 12.7 Å². The predicted octanol–water partition coefficient (Wildman–Crippen LogP) is 2.38. The van der Waals surface area contributed by atoms with Crippen molar-refractivity contribution in [1.29, 1.82) is 10.5 Å². The molecule has 2 aromatic carbocycles. The lowest BCUT2D eigenvalue weighted by Crippen LogP contribution is -2.31. The molecule has 7 nitrogen and oxygen atoms in total. The molecule has 0 spiro atoms. The van der Waals surface area contributed by atoms with Crippen LogP contribution < -0.4 is 10.1 Å². The molecule has 0 saturated carbocycles. The molecule has 0 radical (unpaired) electrons. The van der Waals surface area contributed by atoms with Crippen LogP contribution in [-0.4, -0.2) is 24.6 Å². The Labute approximate surface area is 150 Å². The summed E-state index contributed by atoms with van der Waals surface area (Å²) in [5.74, 6) is -0.819. The summed E-state index contributed by atoms with van der Waals surface area (Å²) in [5.41, 5.74) is 1.32. The Morgan fingerprint density at radius 2 is 1.77 bits per heavy atom. The largest absolute Gasteiger partial charge is 0.482 e. The number of nitrogens with zero attached hydrogens (tertiary/aromatic N) is 2. The van der Waals surface area contributed by atoms with Crippen LogP contribution in [0, 0.1) is 22.7 Å². The average molecular weight is 349 g/mol. The van der Waals surface area contributed by atoms with Crippen LogP contribution in [-0.2, 0) is 14.3 Å². The van der Waals surface area contributed by atoms with Gasteiger partial charge in [-0.15, -0.1) is 0 Å². The third kappa shape index (κ3) is 5.36. The first-order valence-electron chi connectivity index (χ1n) is 7.65. The highest BCUT2D eigenvalue weighted by Crippen LogP contribution is 2.12. The lowest BCUT2D eigenvalue weighted by atomic mass is 10.2. The van der Waals surface area contributed by atoms with E-state index in [1.165, 1.54) is 13.0 Å². The number of nitrogens with one attached hydrogen (secondary N) is 1. The molecule has 130 valence electrons. The summed E-state index contributed by atoms with van der Waals surface area (Å²) in [4.78, 5) is 23.8. The Balaban J connectivity index is 1.82. The smallest absolute Gasteiger partial charge is 0.344 e. The Bertz CT molecular complexity index is 879. The number of rotatable bonds is 6. The van der Waals surface area contributed by atoms with Gasteiger partial charge in [-0.3, -0.25) is 4.79 Å². The zero-order chi connectivity index (χ0) is 18.9. The van der Waals surface area contributed by atoms with Gasteiger partial charge in [0.25, 0.3) is 5.91 Å². The van der Waals surface area contributed by atoms with Gasteiger partial charge in [-0.1, -0.05) is 6.07 Å². The summed E-state index contributed by atoms with van der Waals surface area (Å²) in [6, 6.07) is 16.6. The maximum Gasteiger partial charge on any atom is 0.344 e. The van der Waals surface area contributed by atoms with E-state index in [0.29, 0.717) is 22.6 Å². The number of hydrogen-bond acceptors (Lipinski definition) is 6. The van der Waals surface area contributed by atoms with E-state index in [4.69, 9.17) is 20.0 Å². The van der Waals surface area contributed by atoms with Crippen molar-refractivity contribution >= 4 is 17.6 Å². The fourth-order valence-corrected chi connectivity index (χ4v) is 1.96. The molecule has 0 bridgehead atoms. The molecule has 2 aromatic rings. The van der Waals surface area contributed by atoms with Crippen molar-refractivity contribution in [2.24, 2.45) is 0 Å². The van der Waals surface area contributed by atoms with Crippen molar-refractivity contribution in [3.8, 4) is 17.9 Å². The second-order valence-electron chi connectivity index (χ2n) is 5.24. The van der Waals surface area contributed by atoms with Gasteiger partial charge in [0.05, 0.1) is 23.3 Å². The first kappa shape index (κ1) is 18.5. The van der Waals surface area contributed by atoms with Crippen LogP contribution in [0.15, 0.2) is 48.5 Å². The molecule has 0 aliphatic heterocycles. The van der Waals surface area contributed by atoms with E-state index in [0.717, 1.165) is 0 Å². The van der Waals surface area contributed by atoms with E-state index in [9.17, 15) is 9.59 Å². The summed E-state index contributed by atoms with van der Waals surface area (Å²) in [6.45, 7) is 1.07. The molecule has 7 heteroatoms. The molecular formula is C19H15N3O4. The minimum absolute atomic E-state index is 0.368. The van der Waals surface area contributed by atoms with Crippen LogP contribution in [0.5, 0.6) is 5.75 Å². The first-order valence-corrected chi connectivity index (χ1v) is 7.65. The van der Waals surface area contributed by atoms with E-state index in [2.05, 4.69) is 5.32 Å². The minimum atomic E-state index is -1.03. The van der Waals surface area contributed by atoms with Crippen LogP contribution in [0.1, 0.15) is 18.1 Å². The third-order valence-corrected chi connectivity index (χ3v) is 3.28. The monoisotopic (exact) mass is 349 g/mol. The number of anilines is 1. The number of nitriles is 2. The highest BCUT2D eigenvalue weighted by molar-refractivity contribution is 5.95. The lowest BCUT2D eigenvalue weighted by Gasteiger charge is -2.14. The molecule has 1 amide bonds. The summed E-state index contributed by atoms with van der Waals surface area (Å²) in [5, 5.41) is 20.1. The molecule has 0 aliphatic carbocycles. The molecule has 1 N–H and O–H groups in total. The third-order valence-electron chi connectivity index (χ3n) is 3.28. The van der Waals surface area contributed by atoms with Gasteiger partial charge >= 0.3 is 5.97 Å². The molecule has 26 heavy (non-hydrogen) atoms. The van der Waals surface area contributed by atoms with Crippen molar-refractivity contribution in [2.75, 3.05) is 11.9 Å². The normalized spacial score (nSPS) is 10.7. The molecule has 0 heterocycles. The minimum Gasteiger partial charge on any atom is -0.482 e. The first-order chi connectivity index (χ1) is 12.5. The number of esters is 1. The highest BCUT2D eigenvalue weighted by Gasteiger charge is 2.18. The van der Waals surface area contributed by atoms with Gasteiger partial charge in [0.2, 0.25) is 0 Å². The summed E-state index contributed by atoms with van der Waals surface area (Å²) >= 11 is 0. The Morgan fingerprint density at radius 3 is 2.42 bits per heavy atom. The molecule has 1 atom stereocenters. The second-order valence-corrected chi connectivity index (χ2v) is 5.24. The van der Waals surface area contributed by atoms with Crippen molar-refractivity contribution in [3.63, 3.8) is 0 Å². The van der Waals surface area contributed by atoms with Gasteiger partial charge < -0.3 is 14.8 Å². The van der Waals surface area contributed by atoms with Crippen LogP contribution in [0.2, 0.25) is 0 Å². The molecule has 0 fully saturated rings. The second kappa shape index (κ2) is 8.86. The van der Waals surface area contributed by atoms with Crippen molar-refractivity contribution < 1.29 is 19.1 Å².